The van der Waals surface area contributed by atoms with Gasteiger partial charge >= 0.3 is 7.82 Å². The summed E-state index contributed by atoms with van der Waals surface area (Å²) < 4.78 is 42.3. The lowest BCUT2D eigenvalue weighted by atomic mass is 10.1. The molecule has 1 amide bonds. The van der Waals surface area contributed by atoms with Gasteiger partial charge in [-0.3, -0.25) is 33.7 Å². The summed E-state index contributed by atoms with van der Waals surface area (Å²) in [5.41, 5.74) is -2.30. The van der Waals surface area contributed by atoms with Gasteiger partial charge in [0.25, 0.3) is 27.4 Å². The number of non-ortho nitro benzene ring substituents is 1. The number of phosphoric acid groups is 1. The Morgan fingerprint density at radius 3 is 2.24 bits per heavy atom. The van der Waals surface area contributed by atoms with E-state index >= 15 is 0 Å². The van der Waals surface area contributed by atoms with Gasteiger partial charge in [0.15, 0.2) is 0 Å². The van der Waals surface area contributed by atoms with Crippen LogP contribution in [0, 0.1) is 20.2 Å². The standard InChI is InChI=1S/C15H22BrN4O12PS/c1-17(5-7-31-33(26,27)28)15(21)12-9-11(19(22)23)10-13(20(24)25)14(12)18(4-3-16)6-8-32-34(2,29)30/h9-10H,3-8H2,1-2H3,(H2,26,27,28). The second-order valence-electron chi connectivity index (χ2n) is 6.63. The van der Waals surface area contributed by atoms with Crippen LogP contribution in [0.15, 0.2) is 12.1 Å². The SMILES string of the molecule is CN(CCOP(=O)(O)O)C(=O)c1cc([N+](=O)[O-])cc([N+](=O)[O-])c1N(CCBr)CCOS(C)(=O)=O. The molecule has 192 valence electrons. The molecule has 0 atom stereocenters. The number of halogens is 1. The second-order valence-corrected chi connectivity index (χ2v) is 10.3. The molecule has 19 heteroatoms. The molecule has 0 fully saturated rings. The first kappa shape index (κ1) is 29.8. The molecule has 0 spiro atoms. The van der Waals surface area contributed by atoms with Gasteiger partial charge in [-0.25, -0.2) is 4.57 Å². The number of nitro benzene ring substituents is 2. The predicted molar refractivity (Wildman–Crippen MR) is 122 cm³/mol. The van der Waals surface area contributed by atoms with Gasteiger partial charge in [-0.15, -0.1) is 0 Å². The number of hydrogen-bond acceptors (Lipinski definition) is 11. The van der Waals surface area contributed by atoms with E-state index in [1.165, 1.54) is 11.9 Å². The summed E-state index contributed by atoms with van der Waals surface area (Å²) in [5, 5.41) is 23.3. The molecular formula is C15H22BrN4O12PS. The van der Waals surface area contributed by atoms with Crippen molar-refractivity contribution in [3.8, 4) is 0 Å². The number of hydrogen-bond donors (Lipinski definition) is 2. The summed E-state index contributed by atoms with van der Waals surface area (Å²) in [6, 6.07) is 1.49. The van der Waals surface area contributed by atoms with E-state index < -0.39 is 63.8 Å². The van der Waals surface area contributed by atoms with Crippen molar-refractivity contribution in [2.24, 2.45) is 0 Å². The number of alkyl halides is 1. The first-order chi connectivity index (χ1) is 15.6. The third-order valence-corrected chi connectivity index (χ3v) is 5.54. The van der Waals surface area contributed by atoms with Crippen molar-refractivity contribution in [3.63, 3.8) is 0 Å². The number of anilines is 1. The highest BCUT2D eigenvalue weighted by atomic mass is 79.9. The van der Waals surface area contributed by atoms with Crippen LogP contribution in [0.3, 0.4) is 0 Å². The maximum atomic E-state index is 13.1. The zero-order valence-corrected chi connectivity index (χ0v) is 21.2. The van der Waals surface area contributed by atoms with Gasteiger partial charge < -0.3 is 19.6 Å². The molecule has 1 aromatic carbocycles. The predicted octanol–water partition coefficient (Wildman–Crippen LogP) is 0.862. The average Bonchev–Trinajstić information content (AvgIpc) is 2.69. The number of likely N-dealkylation sites (N-methyl/N-ethyl adjacent to an activating group) is 1. The monoisotopic (exact) mass is 592 g/mol. The summed E-state index contributed by atoms with van der Waals surface area (Å²) in [5.74, 6) is -0.945. The van der Waals surface area contributed by atoms with E-state index in [9.17, 15) is 38.0 Å². The summed E-state index contributed by atoms with van der Waals surface area (Å²) in [6.45, 7) is -1.60. The number of phosphoric ester groups is 1. The Kier molecular flexibility index (Phi) is 10.9. The van der Waals surface area contributed by atoms with Gasteiger partial charge in [-0.2, -0.15) is 8.42 Å². The van der Waals surface area contributed by atoms with Crippen LogP contribution in [0.25, 0.3) is 0 Å². The molecular weight excluding hydrogens is 571 g/mol. The average molecular weight is 593 g/mol. The summed E-state index contributed by atoms with van der Waals surface area (Å²) in [7, 11) is -7.46. The second kappa shape index (κ2) is 12.5. The van der Waals surface area contributed by atoms with Crippen LogP contribution in [0.5, 0.6) is 0 Å². The number of benzene rings is 1. The Morgan fingerprint density at radius 1 is 1.15 bits per heavy atom. The molecule has 0 heterocycles. The molecule has 0 aliphatic heterocycles. The zero-order valence-electron chi connectivity index (χ0n) is 17.9. The van der Waals surface area contributed by atoms with E-state index in [-0.39, 0.29) is 30.7 Å². The maximum absolute atomic E-state index is 13.1. The minimum Gasteiger partial charge on any atom is -0.362 e. The fraction of sp³-hybridized carbons (Fsp3) is 0.533. The van der Waals surface area contributed by atoms with E-state index in [0.29, 0.717) is 6.07 Å². The fourth-order valence-electron chi connectivity index (χ4n) is 2.68. The first-order valence-corrected chi connectivity index (χ1v) is 13.6. The van der Waals surface area contributed by atoms with E-state index in [2.05, 4.69) is 24.6 Å². The van der Waals surface area contributed by atoms with Gasteiger partial charge in [0.2, 0.25) is 0 Å². The van der Waals surface area contributed by atoms with E-state index in [0.717, 1.165) is 17.2 Å². The number of nitrogens with zero attached hydrogens (tertiary/aromatic N) is 4. The molecule has 0 radical (unpaired) electrons. The first-order valence-electron chi connectivity index (χ1n) is 9.15. The third kappa shape index (κ3) is 9.57. The third-order valence-electron chi connectivity index (χ3n) is 4.07. The molecule has 2 N–H and O–H groups in total. The zero-order chi connectivity index (χ0) is 26.3. The Morgan fingerprint density at radius 2 is 1.76 bits per heavy atom. The Bertz CT molecular complexity index is 1080. The molecule has 0 unspecified atom stereocenters. The fourth-order valence-corrected chi connectivity index (χ4v) is 3.81. The normalized spacial score (nSPS) is 11.8. The number of carbonyl (C=O) groups excluding carboxylic acids is 1. The van der Waals surface area contributed by atoms with Crippen molar-refractivity contribution < 1.29 is 46.1 Å². The van der Waals surface area contributed by atoms with Gasteiger partial charge in [-0.05, 0) is 0 Å². The highest BCUT2D eigenvalue weighted by Crippen LogP contribution is 2.38. The van der Waals surface area contributed by atoms with Crippen LogP contribution in [0.2, 0.25) is 0 Å². The van der Waals surface area contributed by atoms with Gasteiger partial charge in [-0.1, -0.05) is 15.9 Å². The van der Waals surface area contributed by atoms with Crippen molar-refractivity contribution in [2.75, 3.05) is 56.4 Å². The van der Waals surface area contributed by atoms with Crippen molar-refractivity contribution >= 4 is 56.8 Å². The maximum Gasteiger partial charge on any atom is 0.469 e. The Labute approximate surface area is 202 Å². The molecule has 1 aromatic rings. The Hall–Kier alpha value is -2.21. The van der Waals surface area contributed by atoms with Gasteiger partial charge in [0.1, 0.15) is 5.69 Å². The number of carbonyl (C=O) groups is 1. The number of rotatable bonds is 14. The van der Waals surface area contributed by atoms with Crippen molar-refractivity contribution in [1.82, 2.24) is 4.90 Å². The molecule has 0 saturated carbocycles. The lowest BCUT2D eigenvalue weighted by molar-refractivity contribution is -0.393. The quantitative estimate of drug-likeness (QED) is 0.101. The molecule has 0 aromatic heterocycles. The number of nitro groups is 2. The van der Waals surface area contributed by atoms with Gasteiger partial charge in [0.05, 0.1) is 40.9 Å². The lowest BCUT2D eigenvalue weighted by Gasteiger charge is -2.27. The van der Waals surface area contributed by atoms with Crippen LogP contribution in [-0.2, 0) is 23.4 Å². The highest BCUT2D eigenvalue weighted by molar-refractivity contribution is 9.09. The summed E-state index contributed by atoms with van der Waals surface area (Å²) in [4.78, 5) is 54.0. The molecule has 16 nitrogen and oxygen atoms in total. The minimum absolute atomic E-state index is 0.0249. The molecule has 0 aliphatic carbocycles. The van der Waals surface area contributed by atoms with Gasteiger partial charge in [0, 0.05) is 38.1 Å². The van der Waals surface area contributed by atoms with Crippen LogP contribution in [-0.4, -0.2) is 90.3 Å². The van der Waals surface area contributed by atoms with Crippen LogP contribution < -0.4 is 4.90 Å². The molecule has 1 rings (SSSR count). The van der Waals surface area contributed by atoms with Crippen LogP contribution >= 0.6 is 23.8 Å². The topological polar surface area (TPSA) is 220 Å². The summed E-state index contributed by atoms with van der Waals surface area (Å²) in [6.07, 6.45) is 0.805. The molecule has 0 saturated heterocycles. The molecule has 34 heavy (non-hydrogen) atoms. The molecule has 0 aliphatic rings. The minimum atomic E-state index is -4.82. The number of amides is 1. The van der Waals surface area contributed by atoms with Crippen molar-refractivity contribution in [1.29, 1.82) is 0 Å². The summed E-state index contributed by atoms with van der Waals surface area (Å²) >= 11 is 3.16. The smallest absolute Gasteiger partial charge is 0.362 e. The van der Waals surface area contributed by atoms with E-state index in [4.69, 9.17) is 9.79 Å². The van der Waals surface area contributed by atoms with Crippen molar-refractivity contribution in [3.05, 3.63) is 37.9 Å². The largest absolute Gasteiger partial charge is 0.469 e. The van der Waals surface area contributed by atoms with E-state index in [1.54, 1.807) is 0 Å². The Balaban J connectivity index is 3.53. The lowest BCUT2D eigenvalue weighted by Crippen LogP contribution is -2.35. The van der Waals surface area contributed by atoms with E-state index in [1.807, 2.05) is 0 Å². The van der Waals surface area contributed by atoms with Crippen LogP contribution in [0.4, 0.5) is 17.1 Å². The van der Waals surface area contributed by atoms with Crippen LogP contribution in [0.1, 0.15) is 10.4 Å². The highest BCUT2D eigenvalue weighted by Gasteiger charge is 2.32. The van der Waals surface area contributed by atoms with Crippen molar-refractivity contribution in [2.45, 2.75) is 0 Å². The molecule has 0 bridgehead atoms.